The highest BCUT2D eigenvalue weighted by Gasteiger charge is 2.19. The van der Waals surface area contributed by atoms with Crippen LogP contribution in [0.3, 0.4) is 0 Å². The Kier molecular flexibility index (Phi) is 3.93. The molecule has 2 atom stereocenters. The van der Waals surface area contributed by atoms with Crippen molar-refractivity contribution in [3.05, 3.63) is 29.1 Å². The predicted molar refractivity (Wildman–Crippen MR) is 74.2 cm³/mol. The molecule has 3 nitrogen and oxygen atoms in total. The minimum absolute atomic E-state index is 0.158. The number of hydrogen-bond donors (Lipinski definition) is 3. The maximum absolute atomic E-state index is 9.05. The molecule has 0 bridgehead atoms. The first-order valence-corrected chi connectivity index (χ1v) is 6.72. The molecule has 2 N–H and O–H groups in total. The first-order chi connectivity index (χ1) is 8.13. The van der Waals surface area contributed by atoms with Crippen LogP contribution in [0.25, 0.3) is 10.1 Å². The SMILES string of the molecule is CC(S)Oc1c(C(C)NO)sc2ccccc12. The summed E-state index contributed by atoms with van der Waals surface area (Å²) in [4.78, 5) is 0.981. The van der Waals surface area contributed by atoms with Crippen molar-refractivity contribution in [2.45, 2.75) is 25.3 Å². The van der Waals surface area contributed by atoms with Gasteiger partial charge in [0.15, 0.2) is 0 Å². The fourth-order valence-corrected chi connectivity index (χ4v) is 2.92. The van der Waals surface area contributed by atoms with Gasteiger partial charge in [-0.3, -0.25) is 0 Å². The molecular formula is C12H15NO2S2. The van der Waals surface area contributed by atoms with E-state index in [1.165, 1.54) is 0 Å². The second-order valence-electron chi connectivity index (χ2n) is 3.86. The van der Waals surface area contributed by atoms with Gasteiger partial charge in [0.25, 0.3) is 0 Å². The van der Waals surface area contributed by atoms with Gasteiger partial charge < -0.3 is 9.94 Å². The number of thiol groups is 1. The lowest BCUT2D eigenvalue weighted by molar-refractivity contribution is 0.133. The van der Waals surface area contributed by atoms with E-state index in [2.05, 4.69) is 18.1 Å². The molecule has 1 aromatic heterocycles. The lowest BCUT2D eigenvalue weighted by atomic mass is 10.2. The molecule has 5 heteroatoms. The lowest BCUT2D eigenvalue weighted by Gasteiger charge is -2.13. The number of hydroxylamine groups is 1. The monoisotopic (exact) mass is 269 g/mol. The van der Waals surface area contributed by atoms with Gasteiger partial charge in [0, 0.05) is 10.1 Å². The summed E-state index contributed by atoms with van der Waals surface area (Å²) in [6.07, 6.45) is 0. The van der Waals surface area contributed by atoms with E-state index in [-0.39, 0.29) is 11.5 Å². The topological polar surface area (TPSA) is 41.5 Å². The molecule has 0 aliphatic rings. The molecule has 1 aromatic carbocycles. The Morgan fingerprint density at radius 1 is 1.35 bits per heavy atom. The highest BCUT2D eigenvalue weighted by Crippen LogP contribution is 2.41. The average Bonchev–Trinajstić information content (AvgIpc) is 2.67. The molecule has 0 aliphatic carbocycles. The van der Waals surface area contributed by atoms with E-state index >= 15 is 0 Å². The van der Waals surface area contributed by atoms with Crippen LogP contribution in [0.15, 0.2) is 24.3 Å². The van der Waals surface area contributed by atoms with Crippen LogP contribution in [0.5, 0.6) is 5.75 Å². The molecule has 0 saturated heterocycles. The molecule has 1 heterocycles. The van der Waals surface area contributed by atoms with Crippen LogP contribution in [0, 0.1) is 0 Å². The summed E-state index contributed by atoms with van der Waals surface area (Å²) >= 11 is 5.87. The zero-order chi connectivity index (χ0) is 12.4. The molecule has 0 fully saturated rings. The van der Waals surface area contributed by atoms with Crippen molar-refractivity contribution in [3.8, 4) is 5.75 Å². The molecule has 2 rings (SSSR count). The van der Waals surface area contributed by atoms with Gasteiger partial charge in [-0.15, -0.1) is 24.0 Å². The third kappa shape index (κ3) is 2.57. The molecule has 2 unspecified atom stereocenters. The summed E-state index contributed by atoms with van der Waals surface area (Å²) in [5, 5.41) is 10.1. The highest BCUT2D eigenvalue weighted by molar-refractivity contribution is 7.80. The summed E-state index contributed by atoms with van der Waals surface area (Å²) in [5.74, 6) is 0.808. The van der Waals surface area contributed by atoms with Crippen LogP contribution in [-0.4, -0.2) is 10.6 Å². The molecule has 92 valence electrons. The number of rotatable bonds is 4. The Bertz CT molecular complexity index is 510. The Morgan fingerprint density at radius 3 is 2.71 bits per heavy atom. The molecule has 0 amide bonds. The summed E-state index contributed by atoms with van der Waals surface area (Å²) in [7, 11) is 0. The number of ether oxygens (including phenoxy) is 1. The van der Waals surface area contributed by atoms with Crippen molar-refractivity contribution in [1.82, 2.24) is 5.48 Å². The number of nitrogens with one attached hydrogen (secondary N) is 1. The lowest BCUT2D eigenvalue weighted by Crippen LogP contribution is -2.13. The third-order valence-corrected chi connectivity index (χ3v) is 3.89. The van der Waals surface area contributed by atoms with Crippen molar-refractivity contribution in [1.29, 1.82) is 0 Å². The number of thiophene rings is 1. The van der Waals surface area contributed by atoms with Gasteiger partial charge >= 0.3 is 0 Å². The standard InChI is InChI=1S/C12H15NO2S2/c1-7(13-14)12-11(15-8(2)16)9-5-3-4-6-10(9)17-12/h3-8,13-14,16H,1-2H3. The molecular weight excluding hydrogens is 254 g/mol. The molecule has 2 aromatic rings. The van der Waals surface area contributed by atoms with Gasteiger partial charge in [0.05, 0.1) is 10.9 Å². The maximum atomic E-state index is 9.05. The second-order valence-corrected chi connectivity index (χ2v) is 5.67. The third-order valence-electron chi connectivity index (χ3n) is 2.45. The Morgan fingerprint density at radius 2 is 2.06 bits per heavy atom. The van der Waals surface area contributed by atoms with E-state index in [4.69, 9.17) is 9.94 Å². The average molecular weight is 269 g/mol. The highest BCUT2D eigenvalue weighted by atomic mass is 32.1. The first kappa shape index (κ1) is 12.7. The minimum atomic E-state index is -0.183. The zero-order valence-corrected chi connectivity index (χ0v) is 11.4. The van der Waals surface area contributed by atoms with Crippen LogP contribution in [0.4, 0.5) is 0 Å². The van der Waals surface area contributed by atoms with E-state index < -0.39 is 0 Å². The second kappa shape index (κ2) is 5.27. The molecule has 0 spiro atoms. The summed E-state index contributed by atoms with van der Waals surface area (Å²) < 4.78 is 6.89. The summed E-state index contributed by atoms with van der Waals surface area (Å²) in [6, 6.07) is 7.88. The van der Waals surface area contributed by atoms with Gasteiger partial charge in [0.1, 0.15) is 11.2 Å². The largest absolute Gasteiger partial charge is 0.478 e. The Hall–Kier alpha value is -0.750. The fourth-order valence-electron chi connectivity index (χ4n) is 1.68. The molecule has 0 aliphatic heterocycles. The van der Waals surface area contributed by atoms with Crippen molar-refractivity contribution in [2.75, 3.05) is 0 Å². The van der Waals surface area contributed by atoms with Crippen molar-refractivity contribution in [3.63, 3.8) is 0 Å². The zero-order valence-electron chi connectivity index (χ0n) is 9.68. The number of benzene rings is 1. The minimum Gasteiger partial charge on any atom is -0.478 e. The quantitative estimate of drug-likeness (QED) is 0.451. The van der Waals surface area contributed by atoms with E-state index in [9.17, 15) is 0 Å². The van der Waals surface area contributed by atoms with Crippen LogP contribution in [0.1, 0.15) is 24.8 Å². The van der Waals surface area contributed by atoms with Crippen LogP contribution in [-0.2, 0) is 0 Å². The predicted octanol–water partition coefficient (Wildman–Crippen LogP) is 3.60. The first-order valence-electron chi connectivity index (χ1n) is 5.39. The van der Waals surface area contributed by atoms with Gasteiger partial charge in [-0.05, 0) is 26.0 Å². The van der Waals surface area contributed by atoms with Crippen LogP contribution < -0.4 is 10.2 Å². The normalized spacial score (nSPS) is 14.8. The Labute approximate surface area is 110 Å². The van der Waals surface area contributed by atoms with Crippen molar-refractivity contribution < 1.29 is 9.94 Å². The van der Waals surface area contributed by atoms with Crippen LogP contribution >= 0.6 is 24.0 Å². The van der Waals surface area contributed by atoms with Gasteiger partial charge in [0.2, 0.25) is 0 Å². The smallest absolute Gasteiger partial charge is 0.144 e. The van der Waals surface area contributed by atoms with Crippen molar-refractivity contribution in [2.24, 2.45) is 0 Å². The summed E-state index contributed by atoms with van der Waals surface area (Å²) in [6.45, 7) is 3.76. The Balaban J connectivity index is 2.56. The van der Waals surface area contributed by atoms with E-state index in [1.54, 1.807) is 11.3 Å². The number of hydrogen-bond acceptors (Lipinski definition) is 5. The van der Waals surface area contributed by atoms with Crippen molar-refractivity contribution >= 4 is 34.1 Å². The van der Waals surface area contributed by atoms with E-state index in [0.717, 1.165) is 20.7 Å². The van der Waals surface area contributed by atoms with E-state index in [0.29, 0.717) is 0 Å². The molecule has 17 heavy (non-hydrogen) atoms. The molecule has 0 saturated carbocycles. The number of fused-ring (bicyclic) bond motifs is 1. The maximum Gasteiger partial charge on any atom is 0.144 e. The van der Waals surface area contributed by atoms with Gasteiger partial charge in [-0.25, -0.2) is 0 Å². The molecule has 0 radical (unpaired) electrons. The van der Waals surface area contributed by atoms with Gasteiger partial charge in [-0.2, -0.15) is 5.48 Å². The van der Waals surface area contributed by atoms with Crippen LogP contribution in [0.2, 0.25) is 0 Å². The van der Waals surface area contributed by atoms with E-state index in [1.807, 2.05) is 38.1 Å². The summed E-state index contributed by atoms with van der Waals surface area (Å²) in [5.41, 5.74) is 2.08. The fraction of sp³-hybridized carbons (Fsp3) is 0.333. The van der Waals surface area contributed by atoms with Gasteiger partial charge in [-0.1, -0.05) is 12.1 Å².